The molecule has 4 nitrogen and oxygen atoms in total. The van der Waals surface area contributed by atoms with E-state index < -0.39 is 5.97 Å². The third-order valence-corrected chi connectivity index (χ3v) is 5.10. The fourth-order valence-corrected chi connectivity index (χ4v) is 4.14. The number of phenols is 1. The third-order valence-electron chi connectivity index (χ3n) is 2.90. The lowest BCUT2D eigenvalue weighted by molar-refractivity contribution is -0.136. The standard InChI is InChI=1S/C15H10Cl2I2O4/c16-9-3-7(1-2-13(20)21)4-10(17)15(9)23-8-5-11(18)14(22)12(19)6-8/h3-6,22H,1-2H2,(H,20,21). The summed E-state index contributed by atoms with van der Waals surface area (Å²) >= 11 is 16.4. The molecule has 0 fully saturated rings. The molecule has 0 spiro atoms. The number of hydrogen-bond acceptors (Lipinski definition) is 3. The number of aromatic hydroxyl groups is 1. The van der Waals surface area contributed by atoms with Crippen molar-refractivity contribution in [3.63, 3.8) is 0 Å². The van der Waals surface area contributed by atoms with Crippen LogP contribution in [-0.4, -0.2) is 16.2 Å². The molecule has 0 unspecified atom stereocenters. The summed E-state index contributed by atoms with van der Waals surface area (Å²) in [6, 6.07) is 6.62. The fraction of sp³-hybridized carbons (Fsp3) is 0.133. The molecular weight excluding hydrogens is 569 g/mol. The van der Waals surface area contributed by atoms with E-state index in [4.69, 9.17) is 33.0 Å². The number of halogens is 4. The number of hydrogen-bond donors (Lipinski definition) is 2. The van der Waals surface area contributed by atoms with Gasteiger partial charge in [-0.3, -0.25) is 4.79 Å². The van der Waals surface area contributed by atoms with Gasteiger partial charge in [0.25, 0.3) is 0 Å². The lowest BCUT2D eigenvalue weighted by Gasteiger charge is -2.12. The minimum absolute atomic E-state index is 0.00120. The van der Waals surface area contributed by atoms with Crippen molar-refractivity contribution in [2.75, 3.05) is 0 Å². The zero-order valence-electron chi connectivity index (χ0n) is 11.4. The van der Waals surface area contributed by atoms with Gasteiger partial charge in [-0.05, 0) is 81.4 Å². The number of carbonyl (C=O) groups is 1. The summed E-state index contributed by atoms with van der Waals surface area (Å²) in [5.41, 5.74) is 0.726. The molecule has 0 heterocycles. The Bertz CT molecular complexity index is 719. The summed E-state index contributed by atoms with van der Waals surface area (Å²) in [4.78, 5) is 10.6. The highest BCUT2D eigenvalue weighted by atomic mass is 127. The Balaban J connectivity index is 2.28. The largest absolute Gasteiger partial charge is 0.506 e. The molecule has 0 atom stereocenters. The van der Waals surface area contributed by atoms with Crippen LogP contribution in [0.4, 0.5) is 0 Å². The van der Waals surface area contributed by atoms with E-state index in [1.807, 2.05) is 45.2 Å². The molecule has 0 aliphatic heterocycles. The van der Waals surface area contributed by atoms with E-state index in [1.165, 1.54) is 0 Å². The Morgan fingerprint density at radius 2 is 1.61 bits per heavy atom. The van der Waals surface area contributed by atoms with Gasteiger partial charge >= 0.3 is 5.97 Å². The zero-order chi connectivity index (χ0) is 17.1. The van der Waals surface area contributed by atoms with Crippen LogP contribution >= 0.6 is 68.4 Å². The average molecular weight is 579 g/mol. The summed E-state index contributed by atoms with van der Waals surface area (Å²) in [6.07, 6.45) is 0.339. The highest BCUT2D eigenvalue weighted by Gasteiger charge is 2.14. The summed E-state index contributed by atoms with van der Waals surface area (Å²) in [6.45, 7) is 0. The molecule has 0 aliphatic rings. The first-order chi connectivity index (χ1) is 10.8. The first-order valence-corrected chi connectivity index (χ1v) is 9.25. The van der Waals surface area contributed by atoms with Crippen molar-refractivity contribution < 1.29 is 19.7 Å². The maximum absolute atomic E-state index is 10.6. The van der Waals surface area contributed by atoms with Crippen molar-refractivity contribution in [1.82, 2.24) is 0 Å². The number of phenolic OH excluding ortho intramolecular Hbond substituents is 1. The van der Waals surface area contributed by atoms with E-state index in [2.05, 4.69) is 0 Å². The Morgan fingerprint density at radius 1 is 1.09 bits per heavy atom. The van der Waals surface area contributed by atoms with Crippen LogP contribution < -0.4 is 4.74 Å². The fourth-order valence-electron chi connectivity index (χ4n) is 1.82. The topological polar surface area (TPSA) is 66.8 Å². The average Bonchev–Trinajstić information content (AvgIpc) is 2.46. The van der Waals surface area contributed by atoms with E-state index in [0.29, 0.717) is 35.1 Å². The minimum Gasteiger partial charge on any atom is -0.506 e. The molecule has 0 bridgehead atoms. The summed E-state index contributed by atoms with van der Waals surface area (Å²) in [5.74, 6) is 0.106. The van der Waals surface area contributed by atoms with Crippen molar-refractivity contribution in [3.8, 4) is 17.2 Å². The zero-order valence-corrected chi connectivity index (χ0v) is 17.3. The van der Waals surface area contributed by atoms with Crippen LogP contribution in [0.1, 0.15) is 12.0 Å². The van der Waals surface area contributed by atoms with Gasteiger partial charge in [0.1, 0.15) is 11.5 Å². The molecular formula is C15H10Cl2I2O4. The second-order valence-corrected chi connectivity index (χ2v) is 7.76. The van der Waals surface area contributed by atoms with Crippen LogP contribution in [0.5, 0.6) is 17.2 Å². The maximum atomic E-state index is 10.6. The van der Waals surface area contributed by atoms with E-state index in [1.54, 1.807) is 24.3 Å². The monoisotopic (exact) mass is 578 g/mol. The predicted molar refractivity (Wildman–Crippen MR) is 106 cm³/mol. The number of aliphatic carboxylic acids is 1. The lowest BCUT2D eigenvalue weighted by atomic mass is 10.1. The number of aryl methyl sites for hydroxylation is 1. The smallest absolute Gasteiger partial charge is 0.303 e. The van der Waals surface area contributed by atoms with Gasteiger partial charge in [-0.1, -0.05) is 23.2 Å². The Kier molecular flexibility index (Phi) is 6.64. The second-order valence-electron chi connectivity index (χ2n) is 4.62. The van der Waals surface area contributed by atoms with Crippen LogP contribution in [0.25, 0.3) is 0 Å². The number of ether oxygens (including phenoxy) is 1. The molecule has 0 aromatic heterocycles. The summed E-state index contributed by atoms with van der Waals surface area (Å²) in [7, 11) is 0. The van der Waals surface area contributed by atoms with Crippen LogP contribution in [-0.2, 0) is 11.2 Å². The van der Waals surface area contributed by atoms with E-state index in [-0.39, 0.29) is 12.2 Å². The van der Waals surface area contributed by atoms with E-state index >= 15 is 0 Å². The second kappa shape index (κ2) is 8.09. The number of rotatable bonds is 5. The van der Waals surface area contributed by atoms with Crippen molar-refractivity contribution in [1.29, 1.82) is 0 Å². The maximum Gasteiger partial charge on any atom is 0.303 e. The Hall–Kier alpha value is -0.450. The van der Waals surface area contributed by atoms with E-state index in [9.17, 15) is 9.90 Å². The van der Waals surface area contributed by atoms with Gasteiger partial charge in [-0.25, -0.2) is 0 Å². The van der Waals surface area contributed by atoms with Gasteiger partial charge in [-0.2, -0.15) is 0 Å². The molecule has 0 saturated heterocycles. The van der Waals surface area contributed by atoms with Crippen LogP contribution in [0.15, 0.2) is 24.3 Å². The highest BCUT2D eigenvalue weighted by molar-refractivity contribution is 14.1. The quantitative estimate of drug-likeness (QED) is 0.446. The van der Waals surface area contributed by atoms with Crippen molar-refractivity contribution in [2.45, 2.75) is 12.8 Å². The summed E-state index contributed by atoms with van der Waals surface area (Å²) < 4.78 is 7.03. The normalized spacial score (nSPS) is 10.6. The molecule has 2 N–H and O–H groups in total. The Morgan fingerprint density at radius 3 is 2.09 bits per heavy atom. The van der Waals surface area contributed by atoms with Crippen LogP contribution in [0.3, 0.4) is 0 Å². The van der Waals surface area contributed by atoms with E-state index in [0.717, 1.165) is 5.56 Å². The van der Waals surface area contributed by atoms with Crippen LogP contribution in [0, 0.1) is 7.14 Å². The predicted octanol–water partition coefficient (Wildman–Crippen LogP) is 5.72. The molecule has 8 heteroatoms. The van der Waals surface area contributed by atoms with Gasteiger partial charge < -0.3 is 14.9 Å². The molecule has 0 aliphatic carbocycles. The molecule has 23 heavy (non-hydrogen) atoms. The molecule has 0 radical (unpaired) electrons. The number of benzene rings is 2. The number of carboxylic acid groups (broad SMARTS) is 1. The van der Waals surface area contributed by atoms with Gasteiger partial charge in [0, 0.05) is 6.42 Å². The van der Waals surface area contributed by atoms with Gasteiger partial charge in [-0.15, -0.1) is 0 Å². The van der Waals surface area contributed by atoms with Crippen molar-refractivity contribution >= 4 is 74.4 Å². The molecule has 0 amide bonds. The third kappa shape index (κ3) is 5.01. The minimum atomic E-state index is -0.884. The van der Waals surface area contributed by atoms with Gasteiger partial charge in [0.15, 0.2) is 5.75 Å². The first-order valence-electron chi connectivity index (χ1n) is 6.33. The van der Waals surface area contributed by atoms with Gasteiger partial charge in [0.2, 0.25) is 0 Å². The van der Waals surface area contributed by atoms with Crippen molar-refractivity contribution in [2.24, 2.45) is 0 Å². The Labute approximate surface area is 170 Å². The molecule has 0 saturated carbocycles. The first kappa shape index (κ1) is 18.9. The van der Waals surface area contributed by atoms with Gasteiger partial charge in [0.05, 0.1) is 17.2 Å². The summed E-state index contributed by atoms with van der Waals surface area (Å²) in [5, 5.41) is 19.1. The molecule has 2 aromatic carbocycles. The van der Waals surface area contributed by atoms with Crippen molar-refractivity contribution in [3.05, 3.63) is 47.0 Å². The number of carboxylic acids is 1. The molecule has 2 rings (SSSR count). The molecule has 122 valence electrons. The SMILES string of the molecule is O=C(O)CCc1cc(Cl)c(Oc2cc(I)c(O)c(I)c2)c(Cl)c1. The van der Waals surface area contributed by atoms with Crippen LogP contribution in [0.2, 0.25) is 10.0 Å². The highest BCUT2D eigenvalue weighted by Crippen LogP contribution is 2.39. The lowest BCUT2D eigenvalue weighted by Crippen LogP contribution is -1.98. The molecule has 2 aromatic rings.